The van der Waals surface area contributed by atoms with E-state index in [0.29, 0.717) is 12.5 Å². The van der Waals surface area contributed by atoms with E-state index >= 15 is 0 Å². The van der Waals surface area contributed by atoms with Crippen molar-refractivity contribution in [3.63, 3.8) is 0 Å². The third-order valence-corrected chi connectivity index (χ3v) is 4.24. The number of nitrogens with one attached hydrogen (secondary N) is 1. The quantitative estimate of drug-likeness (QED) is 0.889. The third-order valence-electron chi connectivity index (χ3n) is 3.28. The normalized spacial score (nSPS) is 14.2. The van der Waals surface area contributed by atoms with Gasteiger partial charge in [0.25, 0.3) is 0 Å². The highest BCUT2D eigenvalue weighted by Gasteiger charge is 2.22. The monoisotopic (exact) mass is 291 g/mol. The van der Waals surface area contributed by atoms with E-state index in [9.17, 15) is 4.79 Å². The first-order chi connectivity index (χ1) is 9.58. The molecule has 0 spiro atoms. The van der Waals surface area contributed by atoms with Gasteiger partial charge in [0, 0.05) is 17.3 Å². The van der Waals surface area contributed by atoms with Crippen LogP contribution in [-0.4, -0.2) is 15.7 Å². The lowest BCUT2D eigenvalue weighted by Gasteiger charge is -2.23. The average Bonchev–Trinajstić information content (AvgIpc) is 3.07. The number of amides is 1. The highest BCUT2D eigenvalue weighted by atomic mass is 32.1. The Bertz CT molecular complexity index is 519. The van der Waals surface area contributed by atoms with Crippen molar-refractivity contribution in [3.05, 3.63) is 40.8 Å². The number of aromatic nitrogens is 2. The van der Waals surface area contributed by atoms with Crippen LogP contribution in [0.1, 0.15) is 31.7 Å². The van der Waals surface area contributed by atoms with Crippen molar-refractivity contribution in [2.24, 2.45) is 11.8 Å². The maximum Gasteiger partial charge on any atom is 0.225 e. The standard InChI is InChI=1S/C15H21N3OS/c1-11(2)14(13-6-4-9-20-13)17-15(19)12(3)10-18-8-5-7-16-18/h4-9,11-12,14H,10H2,1-3H3,(H,17,19). The summed E-state index contributed by atoms with van der Waals surface area (Å²) in [6, 6.07) is 6.05. The zero-order chi connectivity index (χ0) is 14.5. The lowest BCUT2D eigenvalue weighted by Crippen LogP contribution is -2.36. The first kappa shape index (κ1) is 14.8. The van der Waals surface area contributed by atoms with Crippen LogP contribution in [0.5, 0.6) is 0 Å². The van der Waals surface area contributed by atoms with Gasteiger partial charge >= 0.3 is 0 Å². The summed E-state index contributed by atoms with van der Waals surface area (Å²) < 4.78 is 1.79. The van der Waals surface area contributed by atoms with Gasteiger partial charge in [-0.25, -0.2) is 0 Å². The largest absolute Gasteiger partial charge is 0.348 e. The molecule has 2 unspecified atom stereocenters. The molecule has 2 heterocycles. The van der Waals surface area contributed by atoms with Crippen molar-refractivity contribution in [1.82, 2.24) is 15.1 Å². The van der Waals surface area contributed by atoms with Gasteiger partial charge in [0.05, 0.1) is 18.5 Å². The molecule has 108 valence electrons. The van der Waals surface area contributed by atoms with Crippen molar-refractivity contribution in [2.45, 2.75) is 33.4 Å². The Balaban J connectivity index is 1.98. The predicted octanol–water partition coefficient (Wildman–Crippen LogP) is 3.09. The minimum Gasteiger partial charge on any atom is -0.348 e. The molecule has 1 amide bonds. The molecule has 0 aliphatic heterocycles. The smallest absolute Gasteiger partial charge is 0.225 e. The summed E-state index contributed by atoms with van der Waals surface area (Å²) in [4.78, 5) is 13.5. The van der Waals surface area contributed by atoms with Gasteiger partial charge in [-0.1, -0.05) is 26.8 Å². The molecule has 0 fully saturated rings. The van der Waals surface area contributed by atoms with E-state index in [1.165, 1.54) is 4.88 Å². The molecule has 0 saturated carbocycles. The predicted molar refractivity (Wildman–Crippen MR) is 81.4 cm³/mol. The Labute approximate surface area is 123 Å². The Morgan fingerprint density at radius 2 is 2.20 bits per heavy atom. The summed E-state index contributed by atoms with van der Waals surface area (Å²) >= 11 is 1.69. The SMILES string of the molecule is CC(Cn1cccn1)C(=O)NC(c1cccs1)C(C)C. The van der Waals surface area contributed by atoms with Gasteiger partial charge < -0.3 is 5.32 Å². The average molecular weight is 291 g/mol. The Morgan fingerprint density at radius 1 is 1.40 bits per heavy atom. The number of hydrogen-bond donors (Lipinski definition) is 1. The lowest BCUT2D eigenvalue weighted by molar-refractivity contribution is -0.126. The summed E-state index contributed by atoms with van der Waals surface area (Å²) in [7, 11) is 0. The highest BCUT2D eigenvalue weighted by Crippen LogP contribution is 2.26. The first-order valence-electron chi connectivity index (χ1n) is 6.89. The van der Waals surface area contributed by atoms with E-state index in [4.69, 9.17) is 0 Å². The van der Waals surface area contributed by atoms with E-state index in [1.54, 1.807) is 22.2 Å². The fraction of sp³-hybridized carbons (Fsp3) is 0.467. The van der Waals surface area contributed by atoms with E-state index in [-0.39, 0.29) is 17.9 Å². The Hall–Kier alpha value is -1.62. The summed E-state index contributed by atoms with van der Waals surface area (Å²) in [5, 5.41) is 9.35. The summed E-state index contributed by atoms with van der Waals surface area (Å²) in [6.07, 6.45) is 3.61. The van der Waals surface area contributed by atoms with Crippen molar-refractivity contribution in [3.8, 4) is 0 Å². The Kier molecular flexibility index (Phi) is 4.95. The van der Waals surface area contributed by atoms with Crippen LogP contribution in [-0.2, 0) is 11.3 Å². The van der Waals surface area contributed by atoms with Gasteiger partial charge in [-0.15, -0.1) is 11.3 Å². The van der Waals surface area contributed by atoms with Crippen LogP contribution in [0.3, 0.4) is 0 Å². The third kappa shape index (κ3) is 3.70. The number of carbonyl (C=O) groups excluding carboxylic acids is 1. The zero-order valence-corrected chi connectivity index (χ0v) is 12.9. The van der Waals surface area contributed by atoms with Crippen LogP contribution in [0.15, 0.2) is 36.0 Å². The molecule has 0 bridgehead atoms. The molecule has 0 aromatic carbocycles. The second-order valence-corrected chi connectivity index (χ2v) is 6.35. The summed E-state index contributed by atoms with van der Waals surface area (Å²) in [5.41, 5.74) is 0. The molecule has 2 aromatic rings. The fourth-order valence-corrected chi connectivity index (χ4v) is 3.05. The van der Waals surface area contributed by atoms with Crippen LogP contribution in [0.4, 0.5) is 0 Å². The van der Waals surface area contributed by atoms with Crippen LogP contribution in [0.2, 0.25) is 0 Å². The highest BCUT2D eigenvalue weighted by molar-refractivity contribution is 7.10. The topological polar surface area (TPSA) is 46.9 Å². The van der Waals surface area contributed by atoms with Crippen LogP contribution < -0.4 is 5.32 Å². The molecular weight excluding hydrogens is 270 g/mol. The summed E-state index contributed by atoms with van der Waals surface area (Å²) in [6.45, 7) is 6.79. The first-order valence-corrected chi connectivity index (χ1v) is 7.77. The van der Waals surface area contributed by atoms with E-state index in [0.717, 1.165) is 0 Å². The molecule has 0 saturated heterocycles. The molecule has 1 N–H and O–H groups in total. The second kappa shape index (κ2) is 6.70. The fourth-order valence-electron chi connectivity index (χ4n) is 2.10. The molecule has 2 atom stereocenters. The van der Waals surface area contributed by atoms with Gasteiger partial charge in [-0.2, -0.15) is 5.10 Å². The molecule has 4 nitrogen and oxygen atoms in total. The second-order valence-electron chi connectivity index (χ2n) is 5.37. The summed E-state index contributed by atoms with van der Waals surface area (Å²) in [5.74, 6) is 0.346. The molecule has 5 heteroatoms. The molecule has 0 aliphatic carbocycles. The van der Waals surface area contributed by atoms with E-state index < -0.39 is 0 Å². The zero-order valence-electron chi connectivity index (χ0n) is 12.1. The maximum absolute atomic E-state index is 12.3. The van der Waals surface area contributed by atoms with E-state index in [2.05, 4.69) is 30.3 Å². The van der Waals surface area contributed by atoms with E-state index in [1.807, 2.05) is 30.6 Å². The van der Waals surface area contributed by atoms with Crippen molar-refractivity contribution >= 4 is 17.2 Å². The van der Waals surface area contributed by atoms with Crippen LogP contribution in [0.25, 0.3) is 0 Å². The van der Waals surface area contributed by atoms with Gasteiger partial charge in [0.1, 0.15) is 0 Å². The van der Waals surface area contributed by atoms with Crippen LogP contribution >= 0.6 is 11.3 Å². The Morgan fingerprint density at radius 3 is 2.75 bits per heavy atom. The lowest BCUT2D eigenvalue weighted by atomic mass is 10.0. The number of rotatable bonds is 6. The molecule has 2 rings (SSSR count). The van der Waals surface area contributed by atoms with Crippen molar-refractivity contribution in [2.75, 3.05) is 0 Å². The maximum atomic E-state index is 12.3. The molecule has 0 aliphatic rings. The molecular formula is C15H21N3OS. The van der Waals surface area contributed by atoms with Gasteiger partial charge in [-0.3, -0.25) is 9.48 Å². The van der Waals surface area contributed by atoms with Gasteiger partial charge in [0.2, 0.25) is 5.91 Å². The molecule has 20 heavy (non-hydrogen) atoms. The molecule has 2 aromatic heterocycles. The van der Waals surface area contributed by atoms with Crippen molar-refractivity contribution < 1.29 is 4.79 Å². The number of nitrogens with zero attached hydrogens (tertiary/aromatic N) is 2. The molecule has 0 radical (unpaired) electrons. The number of carbonyl (C=O) groups is 1. The minimum absolute atomic E-state index is 0.0765. The van der Waals surface area contributed by atoms with Crippen LogP contribution in [0, 0.1) is 11.8 Å². The van der Waals surface area contributed by atoms with Gasteiger partial charge in [-0.05, 0) is 23.4 Å². The number of hydrogen-bond acceptors (Lipinski definition) is 3. The van der Waals surface area contributed by atoms with Gasteiger partial charge in [0.15, 0.2) is 0 Å². The van der Waals surface area contributed by atoms with Crippen molar-refractivity contribution in [1.29, 1.82) is 0 Å². The minimum atomic E-state index is -0.101. The number of thiophene rings is 1.